The van der Waals surface area contributed by atoms with Crippen molar-refractivity contribution in [1.29, 1.82) is 0 Å². The molecule has 0 radical (unpaired) electrons. The molecule has 0 spiro atoms. The van der Waals surface area contributed by atoms with Crippen LogP contribution < -0.4 is 5.32 Å². The molecule has 1 aliphatic carbocycles. The lowest BCUT2D eigenvalue weighted by atomic mass is 9.80. The molecule has 19 heavy (non-hydrogen) atoms. The highest BCUT2D eigenvalue weighted by atomic mass is 15.1. The Hall–Kier alpha value is -0.830. The largest absolute Gasteiger partial charge is 0.334 e. The highest BCUT2D eigenvalue weighted by molar-refractivity contribution is 5.17. The Bertz CT molecular complexity index is 417. The third kappa shape index (κ3) is 2.58. The standard InChI is InChI=1S/C16H27N3/c1-13-5-3-4-6-14(13)10-19-12-18-9-15(19)16(2)7-8-17-11-16/h9,12-14,17H,3-8,10-11H2,1-2H3. The Balaban J connectivity index is 1.76. The van der Waals surface area contributed by atoms with Gasteiger partial charge in [-0.3, -0.25) is 0 Å². The molecule has 0 amide bonds. The van der Waals surface area contributed by atoms with Gasteiger partial charge in [-0.2, -0.15) is 0 Å². The van der Waals surface area contributed by atoms with Crippen LogP contribution in [0.25, 0.3) is 0 Å². The fourth-order valence-corrected chi connectivity index (χ4v) is 3.92. The highest BCUT2D eigenvalue weighted by Crippen LogP contribution is 2.34. The van der Waals surface area contributed by atoms with Crippen LogP contribution >= 0.6 is 0 Å². The first-order valence-electron chi connectivity index (χ1n) is 7.90. The Labute approximate surface area is 116 Å². The van der Waals surface area contributed by atoms with Gasteiger partial charge in [0.05, 0.1) is 6.33 Å². The smallest absolute Gasteiger partial charge is 0.0948 e. The Morgan fingerprint density at radius 1 is 1.42 bits per heavy atom. The van der Waals surface area contributed by atoms with Crippen LogP contribution in [0.2, 0.25) is 0 Å². The van der Waals surface area contributed by atoms with Crippen LogP contribution in [0.3, 0.4) is 0 Å². The normalized spacial score (nSPS) is 35.7. The van der Waals surface area contributed by atoms with Crippen molar-refractivity contribution in [2.45, 2.75) is 57.9 Å². The number of imidazole rings is 1. The van der Waals surface area contributed by atoms with E-state index in [1.165, 1.54) is 44.3 Å². The van der Waals surface area contributed by atoms with E-state index >= 15 is 0 Å². The van der Waals surface area contributed by atoms with Crippen LogP contribution in [0, 0.1) is 11.8 Å². The summed E-state index contributed by atoms with van der Waals surface area (Å²) in [6.07, 6.45) is 11.0. The molecule has 3 heteroatoms. The van der Waals surface area contributed by atoms with Crippen molar-refractivity contribution in [3.63, 3.8) is 0 Å². The van der Waals surface area contributed by atoms with Crippen LogP contribution in [0.4, 0.5) is 0 Å². The topological polar surface area (TPSA) is 29.9 Å². The summed E-state index contributed by atoms with van der Waals surface area (Å²) in [5.74, 6) is 1.72. The maximum atomic E-state index is 4.44. The molecule has 106 valence electrons. The lowest BCUT2D eigenvalue weighted by Crippen LogP contribution is -2.30. The molecular formula is C16H27N3. The lowest BCUT2D eigenvalue weighted by Gasteiger charge is -2.31. The van der Waals surface area contributed by atoms with Crippen molar-refractivity contribution in [3.05, 3.63) is 18.2 Å². The van der Waals surface area contributed by atoms with E-state index in [0.717, 1.165) is 24.9 Å². The number of nitrogens with zero attached hydrogens (tertiary/aromatic N) is 2. The van der Waals surface area contributed by atoms with E-state index in [1.54, 1.807) is 0 Å². The number of nitrogens with one attached hydrogen (secondary N) is 1. The molecule has 3 unspecified atom stereocenters. The Kier molecular flexibility index (Phi) is 3.66. The summed E-state index contributed by atoms with van der Waals surface area (Å²) in [7, 11) is 0. The molecule has 1 N–H and O–H groups in total. The summed E-state index contributed by atoms with van der Waals surface area (Å²) < 4.78 is 2.44. The van der Waals surface area contributed by atoms with Gasteiger partial charge in [0, 0.05) is 30.4 Å². The lowest BCUT2D eigenvalue weighted by molar-refractivity contribution is 0.224. The first-order chi connectivity index (χ1) is 9.19. The second kappa shape index (κ2) is 5.28. The zero-order valence-corrected chi connectivity index (χ0v) is 12.4. The van der Waals surface area contributed by atoms with Crippen LogP contribution in [0.5, 0.6) is 0 Å². The molecule has 2 aliphatic rings. The zero-order valence-electron chi connectivity index (χ0n) is 12.4. The number of rotatable bonds is 3. The summed E-state index contributed by atoms with van der Waals surface area (Å²) in [6.45, 7) is 8.22. The molecule has 3 rings (SSSR count). The van der Waals surface area contributed by atoms with E-state index in [1.807, 2.05) is 0 Å². The zero-order chi connectivity index (χ0) is 13.3. The summed E-state index contributed by atoms with van der Waals surface area (Å²) in [5.41, 5.74) is 1.73. The van der Waals surface area contributed by atoms with Crippen molar-refractivity contribution < 1.29 is 0 Å². The summed E-state index contributed by atoms with van der Waals surface area (Å²) >= 11 is 0. The quantitative estimate of drug-likeness (QED) is 0.906. The molecule has 0 bridgehead atoms. The SMILES string of the molecule is CC1CCCCC1Cn1cncc1C1(C)CCNC1. The van der Waals surface area contributed by atoms with E-state index in [-0.39, 0.29) is 5.41 Å². The summed E-state index contributed by atoms with van der Waals surface area (Å²) in [4.78, 5) is 4.44. The molecule has 1 saturated heterocycles. The molecule has 3 atom stereocenters. The van der Waals surface area contributed by atoms with Crippen LogP contribution in [0.15, 0.2) is 12.5 Å². The minimum atomic E-state index is 0.286. The van der Waals surface area contributed by atoms with Crippen LogP contribution in [0.1, 0.15) is 51.6 Å². The number of aromatic nitrogens is 2. The minimum absolute atomic E-state index is 0.286. The molecule has 3 nitrogen and oxygen atoms in total. The second-order valence-electron chi connectivity index (χ2n) is 6.94. The summed E-state index contributed by atoms with van der Waals surface area (Å²) in [6, 6.07) is 0. The van der Waals surface area contributed by atoms with Gasteiger partial charge >= 0.3 is 0 Å². The van der Waals surface area contributed by atoms with Gasteiger partial charge in [-0.25, -0.2) is 4.98 Å². The maximum absolute atomic E-state index is 4.44. The first kappa shape index (κ1) is 13.2. The van der Waals surface area contributed by atoms with Gasteiger partial charge < -0.3 is 9.88 Å². The third-order valence-corrected chi connectivity index (χ3v) is 5.42. The highest BCUT2D eigenvalue weighted by Gasteiger charge is 2.34. The van der Waals surface area contributed by atoms with Crippen molar-refractivity contribution in [3.8, 4) is 0 Å². The predicted molar refractivity (Wildman–Crippen MR) is 78.2 cm³/mol. The van der Waals surface area contributed by atoms with Gasteiger partial charge in [0.15, 0.2) is 0 Å². The van der Waals surface area contributed by atoms with Crippen molar-refractivity contribution >= 4 is 0 Å². The van der Waals surface area contributed by atoms with E-state index in [4.69, 9.17) is 0 Å². The number of hydrogen-bond acceptors (Lipinski definition) is 2. The van der Waals surface area contributed by atoms with Crippen molar-refractivity contribution in [2.75, 3.05) is 13.1 Å². The Morgan fingerprint density at radius 3 is 3.00 bits per heavy atom. The molecule has 1 aromatic heterocycles. The van der Waals surface area contributed by atoms with Gasteiger partial charge in [0.25, 0.3) is 0 Å². The van der Waals surface area contributed by atoms with Gasteiger partial charge in [-0.1, -0.05) is 33.1 Å². The van der Waals surface area contributed by atoms with Gasteiger partial charge in [-0.05, 0) is 31.2 Å². The monoisotopic (exact) mass is 261 g/mol. The van der Waals surface area contributed by atoms with E-state index in [0.29, 0.717) is 0 Å². The van der Waals surface area contributed by atoms with E-state index in [9.17, 15) is 0 Å². The fraction of sp³-hybridized carbons (Fsp3) is 0.812. The van der Waals surface area contributed by atoms with Crippen LogP contribution in [-0.4, -0.2) is 22.6 Å². The van der Waals surface area contributed by atoms with E-state index in [2.05, 4.69) is 41.2 Å². The fourth-order valence-electron chi connectivity index (χ4n) is 3.92. The number of hydrogen-bond donors (Lipinski definition) is 1. The third-order valence-electron chi connectivity index (χ3n) is 5.42. The van der Waals surface area contributed by atoms with Crippen molar-refractivity contribution in [1.82, 2.24) is 14.9 Å². The second-order valence-corrected chi connectivity index (χ2v) is 6.94. The average Bonchev–Trinajstić information content (AvgIpc) is 3.02. The first-order valence-corrected chi connectivity index (χ1v) is 7.90. The molecule has 0 aromatic carbocycles. The van der Waals surface area contributed by atoms with Crippen molar-refractivity contribution in [2.24, 2.45) is 11.8 Å². The molecule has 1 aliphatic heterocycles. The van der Waals surface area contributed by atoms with Crippen LogP contribution in [-0.2, 0) is 12.0 Å². The van der Waals surface area contributed by atoms with E-state index < -0.39 is 0 Å². The maximum Gasteiger partial charge on any atom is 0.0948 e. The molecule has 2 heterocycles. The van der Waals surface area contributed by atoms with Gasteiger partial charge in [0.2, 0.25) is 0 Å². The molecule has 2 fully saturated rings. The predicted octanol–water partition coefficient (Wildman–Crippen LogP) is 2.96. The molecule has 1 aromatic rings. The molecule has 1 saturated carbocycles. The average molecular weight is 261 g/mol. The van der Waals surface area contributed by atoms with Gasteiger partial charge in [-0.15, -0.1) is 0 Å². The van der Waals surface area contributed by atoms with Gasteiger partial charge in [0.1, 0.15) is 0 Å². The molecular weight excluding hydrogens is 234 g/mol. The Morgan fingerprint density at radius 2 is 2.26 bits per heavy atom. The summed E-state index contributed by atoms with van der Waals surface area (Å²) in [5, 5.41) is 3.50. The minimum Gasteiger partial charge on any atom is -0.334 e.